The third kappa shape index (κ3) is 2.28. The van der Waals surface area contributed by atoms with Crippen LogP contribution in [-0.2, 0) is 4.79 Å². The third-order valence-corrected chi connectivity index (χ3v) is 0.986. The lowest BCUT2D eigenvalue weighted by atomic mass is 10.3. The zero-order chi connectivity index (χ0) is 7.44. The topological polar surface area (TPSA) is 46.3 Å². The van der Waals surface area contributed by atoms with Gasteiger partial charge in [0.2, 0.25) is 5.91 Å². The number of amides is 1. The molecular weight excluding hydrogens is 116 g/mol. The van der Waals surface area contributed by atoms with Crippen molar-refractivity contribution in [2.75, 3.05) is 13.7 Å². The van der Waals surface area contributed by atoms with Gasteiger partial charge in [0.1, 0.15) is 0 Å². The molecule has 0 rings (SSSR count). The number of carbonyl (C=O) groups excluding carboxylic acids is 1. The van der Waals surface area contributed by atoms with E-state index in [9.17, 15) is 4.79 Å². The van der Waals surface area contributed by atoms with Crippen molar-refractivity contribution in [1.82, 2.24) is 4.90 Å². The van der Waals surface area contributed by atoms with Gasteiger partial charge in [0.05, 0.1) is 6.67 Å². The van der Waals surface area contributed by atoms with Crippen molar-refractivity contribution in [3.8, 4) is 0 Å². The van der Waals surface area contributed by atoms with Crippen LogP contribution in [0, 0.1) is 0 Å². The van der Waals surface area contributed by atoms with Crippen LogP contribution < -0.4 is 5.73 Å². The fraction of sp³-hybridized carbons (Fsp3) is 0.500. The monoisotopic (exact) mass is 128 g/mol. The maximum absolute atomic E-state index is 10.8. The zero-order valence-electron chi connectivity index (χ0n) is 5.85. The average molecular weight is 128 g/mol. The normalized spacial score (nSPS) is 8.78. The van der Waals surface area contributed by atoms with Crippen molar-refractivity contribution in [2.45, 2.75) is 6.92 Å². The number of rotatable bonds is 2. The molecule has 0 saturated carbocycles. The van der Waals surface area contributed by atoms with E-state index in [0.29, 0.717) is 5.57 Å². The molecule has 0 aromatic rings. The highest BCUT2D eigenvalue weighted by molar-refractivity contribution is 5.91. The lowest BCUT2D eigenvalue weighted by Gasteiger charge is -2.12. The molecule has 0 aliphatic rings. The summed E-state index contributed by atoms with van der Waals surface area (Å²) in [5.74, 6) is -0.0995. The Morgan fingerprint density at radius 1 is 1.78 bits per heavy atom. The van der Waals surface area contributed by atoms with Crippen molar-refractivity contribution < 1.29 is 4.79 Å². The molecule has 0 aromatic heterocycles. The van der Waals surface area contributed by atoms with E-state index in [-0.39, 0.29) is 12.6 Å². The van der Waals surface area contributed by atoms with E-state index in [4.69, 9.17) is 5.73 Å². The fourth-order valence-corrected chi connectivity index (χ4v) is 0.409. The fourth-order valence-electron chi connectivity index (χ4n) is 0.409. The van der Waals surface area contributed by atoms with Gasteiger partial charge in [-0.2, -0.15) is 0 Å². The van der Waals surface area contributed by atoms with Gasteiger partial charge in [0.15, 0.2) is 0 Å². The van der Waals surface area contributed by atoms with E-state index < -0.39 is 0 Å². The van der Waals surface area contributed by atoms with Gasteiger partial charge >= 0.3 is 0 Å². The molecular formula is C6H12N2O. The number of hydrogen-bond donors (Lipinski definition) is 1. The minimum atomic E-state index is -0.0995. The van der Waals surface area contributed by atoms with Gasteiger partial charge in [-0.15, -0.1) is 0 Å². The number of carbonyl (C=O) groups is 1. The molecule has 0 saturated heterocycles. The first-order chi connectivity index (χ1) is 4.09. The van der Waals surface area contributed by atoms with Crippen molar-refractivity contribution in [2.24, 2.45) is 5.73 Å². The summed E-state index contributed by atoms with van der Waals surface area (Å²) >= 11 is 0. The van der Waals surface area contributed by atoms with Crippen LogP contribution in [0.1, 0.15) is 6.92 Å². The summed E-state index contributed by atoms with van der Waals surface area (Å²) in [5.41, 5.74) is 5.69. The minimum Gasteiger partial charge on any atom is -0.329 e. The van der Waals surface area contributed by atoms with E-state index >= 15 is 0 Å². The highest BCUT2D eigenvalue weighted by atomic mass is 16.2. The van der Waals surface area contributed by atoms with Crippen LogP contribution in [-0.4, -0.2) is 24.5 Å². The van der Waals surface area contributed by atoms with Crippen molar-refractivity contribution in [3.05, 3.63) is 12.2 Å². The number of nitrogens with zero attached hydrogens (tertiary/aromatic N) is 1. The molecule has 0 aliphatic carbocycles. The number of likely N-dealkylation sites (N-methyl/N-ethyl adjacent to an activating group) is 1. The summed E-state index contributed by atoms with van der Waals surface area (Å²) in [6.07, 6.45) is 0. The van der Waals surface area contributed by atoms with Gasteiger partial charge in [-0.25, -0.2) is 0 Å². The maximum Gasteiger partial charge on any atom is 0.249 e. The van der Waals surface area contributed by atoms with E-state index in [2.05, 4.69) is 6.58 Å². The van der Waals surface area contributed by atoms with Crippen LogP contribution in [0.3, 0.4) is 0 Å². The summed E-state index contributed by atoms with van der Waals surface area (Å²) < 4.78 is 0. The van der Waals surface area contributed by atoms with Gasteiger partial charge in [-0.05, 0) is 6.92 Å². The van der Waals surface area contributed by atoms with Crippen LogP contribution in [0.25, 0.3) is 0 Å². The van der Waals surface area contributed by atoms with Gasteiger partial charge < -0.3 is 10.6 Å². The molecule has 0 fully saturated rings. The summed E-state index contributed by atoms with van der Waals surface area (Å²) in [7, 11) is 1.64. The molecule has 0 bridgehead atoms. The quantitative estimate of drug-likeness (QED) is 0.418. The van der Waals surface area contributed by atoms with Crippen LogP contribution >= 0.6 is 0 Å². The van der Waals surface area contributed by atoms with Crippen LogP contribution in [0.2, 0.25) is 0 Å². The predicted octanol–water partition coefficient (Wildman–Crippen LogP) is -0.0629. The summed E-state index contributed by atoms with van der Waals surface area (Å²) in [6.45, 7) is 5.38. The van der Waals surface area contributed by atoms with Crippen LogP contribution in [0.5, 0.6) is 0 Å². The van der Waals surface area contributed by atoms with E-state index in [1.54, 1.807) is 14.0 Å². The smallest absolute Gasteiger partial charge is 0.249 e. The first-order valence-electron chi connectivity index (χ1n) is 2.70. The second-order valence-corrected chi connectivity index (χ2v) is 1.97. The van der Waals surface area contributed by atoms with Crippen molar-refractivity contribution in [3.63, 3.8) is 0 Å². The van der Waals surface area contributed by atoms with Gasteiger partial charge in [-0.1, -0.05) is 6.58 Å². The highest BCUT2D eigenvalue weighted by Crippen LogP contribution is 1.91. The molecule has 0 unspecified atom stereocenters. The van der Waals surface area contributed by atoms with Crippen LogP contribution in [0.15, 0.2) is 12.2 Å². The molecule has 3 heteroatoms. The Hall–Kier alpha value is -0.830. The maximum atomic E-state index is 10.8. The molecule has 0 aliphatic heterocycles. The Kier molecular flexibility index (Phi) is 2.95. The average Bonchev–Trinajstić information content (AvgIpc) is 1.84. The first-order valence-corrected chi connectivity index (χ1v) is 2.70. The second kappa shape index (κ2) is 3.25. The Bertz CT molecular complexity index is 131. The van der Waals surface area contributed by atoms with E-state index in [1.165, 1.54) is 4.90 Å². The number of nitrogens with two attached hydrogens (primary N) is 1. The molecule has 0 radical (unpaired) electrons. The molecule has 0 spiro atoms. The molecule has 0 atom stereocenters. The Morgan fingerprint density at radius 2 is 2.22 bits per heavy atom. The molecule has 0 aromatic carbocycles. The lowest BCUT2D eigenvalue weighted by molar-refractivity contribution is -0.125. The predicted molar refractivity (Wildman–Crippen MR) is 36.6 cm³/mol. The summed E-state index contributed by atoms with van der Waals surface area (Å²) in [6, 6.07) is 0. The SMILES string of the molecule is C=C(C)C(=O)N(C)CN. The van der Waals surface area contributed by atoms with E-state index in [0.717, 1.165) is 0 Å². The van der Waals surface area contributed by atoms with Crippen molar-refractivity contribution >= 4 is 5.91 Å². The first kappa shape index (κ1) is 8.17. The Balaban J connectivity index is 3.88. The van der Waals surface area contributed by atoms with E-state index in [1.807, 2.05) is 0 Å². The third-order valence-electron chi connectivity index (χ3n) is 0.986. The molecule has 52 valence electrons. The summed E-state index contributed by atoms with van der Waals surface area (Å²) in [5, 5.41) is 0. The molecule has 2 N–H and O–H groups in total. The second-order valence-electron chi connectivity index (χ2n) is 1.97. The summed E-state index contributed by atoms with van der Waals surface area (Å²) in [4.78, 5) is 12.2. The number of hydrogen-bond acceptors (Lipinski definition) is 2. The lowest BCUT2D eigenvalue weighted by Crippen LogP contribution is -2.32. The Morgan fingerprint density at radius 3 is 2.33 bits per heavy atom. The minimum absolute atomic E-state index is 0.0995. The molecule has 3 nitrogen and oxygen atoms in total. The van der Waals surface area contributed by atoms with Gasteiger partial charge in [0.25, 0.3) is 0 Å². The molecule has 9 heavy (non-hydrogen) atoms. The largest absolute Gasteiger partial charge is 0.329 e. The van der Waals surface area contributed by atoms with Crippen LogP contribution in [0.4, 0.5) is 0 Å². The van der Waals surface area contributed by atoms with Gasteiger partial charge in [0, 0.05) is 12.6 Å². The van der Waals surface area contributed by atoms with Crippen molar-refractivity contribution in [1.29, 1.82) is 0 Å². The van der Waals surface area contributed by atoms with Gasteiger partial charge in [-0.3, -0.25) is 4.79 Å². The standard InChI is InChI=1S/C6H12N2O/c1-5(2)6(9)8(3)4-7/h1,4,7H2,2-3H3. The zero-order valence-corrected chi connectivity index (χ0v) is 5.85. The molecule has 0 heterocycles. The Labute approximate surface area is 55.1 Å². The molecule has 1 amide bonds. The highest BCUT2D eigenvalue weighted by Gasteiger charge is 2.04.